The van der Waals surface area contributed by atoms with Crippen molar-refractivity contribution < 1.29 is 9.53 Å². The number of amides is 1. The van der Waals surface area contributed by atoms with Crippen LogP contribution in [0.5, 0.6) is 0 Å². The molecule has 1 unspecified atom stereocenters. The zero-order valence-corrected chi connectivity index (χ0v) is 13.7. The highest BCUT2D eigenvalue weighted by Gasteiger charge is 2.30. The largest absolute Gasteiger partial charge is 0.366 e. The second kappa shape index (κ2) is 8.51. The van der Waals surface area contributed by atoms with Gasteiger partial charge in [0, 0.05) is 26.2 Å². The van der Waals surface area contributed by atoms with Crippen molar-refractivity contribution in [3.63, 3.8) is 0 Å². The van der Waals surface area contributed by atoms with Crippen LogP contribution >= 0.6 is 12.4 Å². The molecule has 122 valence electrons. The molecule has 2 aliphatic rings. The van der Waals surface area contributed by atoms with Gasteiger partial charge in [-0.2, -0.15) is 0 Å². The maximum atomic E-state index is 12.7. The van der Waals surface area contributed by atoms with Gasteiger partial charge >= 0.3 is 0 Å². The topological polar surface area (TPSA) is 41.6 Å². The summed E-state index contributed by atoms with van der Waals surface area (Å²) in [5.41, 5.74) is 1.19. The minimum Gasteiger partial charge on any atom is -0.366 e. The van der Waals surface area contributed by atoms with Gasteiger partial charge in [-0.3, -0.25) is 4.79 Å². The first-order valence-electron chi connectivity index (χ1n) is 7.98. The van der Waals surface area contributed by atoms with Crippen LogP contribution in [0.3, 0.4) is 0 Å². The van der Waals surface area contributed by atoms with Crippen molar-refractivity contribution in [1.29, 1.82) is 0 Å². The average Bonchev–Trinajstić information content (AvgIpc) is 2.51. The molecule has 0 bridgehead atoms. The molecule has 1 amide bonds. The second-order valence-corrected chi connectivity index (χ2v) is 6.06. The number of rotatable bonds is 5. The molecule has 1 heterocycles. The molecule has 0 spiro atoms. The first-order valence-corrected chi connectivity index (χ1v) is 7.98. The van der Waals surface area contributed by atoms with E-state index in [1.807, 2.05) is 23.1 Å². The maximum Gasteiger partial charge on any atom is 0.253 e. The molecule has 1 aromatic carbocycles. The highest BCUT2D eigenvalue weighted by molar-refractivity contribution is 5.85. The van der Waals surface area contributed by atoms with E-state index in [0.717, 1.165) is 13.1 Å². The number of hydrogen-bond donors (Lipinski definition) is 1. The van der Waals surface area contributed by atoms with Crippen LogP contribution < -0.4 is 5.32 Å². The van der Waals surface area contributed by atoms with Crippen LogP contribution in [0.15, 0.2) is 30.3 Å². The molecule has 1 aliphatic carbocycles. The van der Waals surface area contributed by atoms with E-state index in [1.165, 1.54) is 24.8 Å². The smallest absolute Gasteiger partial charge is 0.253 e. The van der Waals surface area contributed by atoms with Gasteiger partial charge in [-0.15, -0.1) is 12.4 Å². The fraction of sp³-hybridized carbons (Fsp3) is 0.588. The quantitative estimate of drug-likeness (QED) is 0.903. The molecule has 2 fully saturated rings. The number of morpholine rings is 1. The van der Waals surface area contributed by atoms with E-state index >= 15 is 0 Å². The molecule has 22 heavy (non-hydrogen) atoms. The lowest BCUT2D eigenvalue weighted by Crippen LogP contribution is -2.50. The van der Waals surface area contributed by atoms with Gasteiger partial charge in [0.15, 0.2) is 0 Å². The summed E-state index contributed by atoms with van der Waals surface area (Å²) in [6.45, 7) is 3.66. The molecule has 5 heteroatoms. The van der Waals surface area contributed by atoms with Crippen LogP contribution in [-0.4, -0.2) is 43.2 Å². The molecule has 4 nitrogen and oxygen atoms in total. The van der Waals surface area contributed by atoms with Crippen LogP contribution in [0.4, 0.5) is 0 Å². The summed E-state index contributed by atoms with van der Waals surface area (Å²) in [5, 5.41) is 3.24. The molecule has 0 aromatic heterocycles. The molecule has 1 aromatic rings. The Morgan fingerprint density at radius 1 is 1.27 bits per heavy atom. The highest BCUT2D eigenvalue weighted by atomic mass is 35.5. The summed E-state index contributed by atoms with van der Waals surface area (Å²) < 4.78 is 5.64. The van der Waals surface area contributed by atoms with Gasteiger partial charge in [0.1, 0.15) is 6.10 Å². The minimum atomic E-state index is -0.317. The lowest BCUT2D eigenvalue weighted by Gasteiger charge is -2.35. The van der Waals surface area contributed by atoms with Crippen molar-refractivity contribution in [2.45, 2.75) is 31.9 Å². The van der Waals surface area contributed by atoms with Crippen molar-refractivity contribution in [3.8, 4) is 0 Å². The molecule has 1 atom stereocenters. The zero-order chi connectivity index (χ0) is 14.5. The fourth-order valence-corrected chi connectivity index (χ4v) is 2.95. The Bertz CT molecular complexity index is 459. The Balaban J connectivity index is 0.00000176. The van der Waals surface area contributed by atoms with Crippen molar-refractivity contribution in [3.05, 3.63) is 35.9 Å². The lowest BCUT2D eigenvalue weighted by molar-refractivity contribution is -0.147. The summed E-state index contributed by atoms with van der Waals surface area (Å²) >= 11 is 0. The number of ether oxygens (including phenoxy) is 1. The van der Waals surface area contributed by atoms with Crippen LogP contribution in [0.1, 0.15) is 24.8 Å². The Labute approximate surface area is 138 Å². The van der Waals surface area contributed by atoms with Crippen molar-refractivity contribution >= 4 is 18.3 Å². The van der Waals surface area contributed by atoms with E-state index in [-0.39, 0.29) is 24.4 Å². The minimum absolute atomic E-state index is 0. The van der Waals surface area contributed by atoms with Crippen LogP contribution in [0, 0.1) is 5.92 Å². The number of hydrogen-bond acceptors (Lipinski definition) is 3. The molecule has 1 N–H and O–H groups in total. The Hall–Kier alpha value is -1.10. The summed E-state index contributed by atoms with van der Waals surface area (Å²) in [6, 6.07) is 10.2. The van der Waals surface area contributed by atoms with E-state index < -0.39 is 0 Å². The van der Waals surface area contributed by atoms with E-state index in [4.69, 9.17) is 4.74 Å². The molecule has 1 saturated carbocycles. The van der Waals surface area contributed by atoms with E-state index in [1.54, 1.807) is 0 Å². The predicted octanol–water partition coefficient (Wildman–Crippen LogP) is 2.23. The number of carbonyl (C=O) groups excluding carboxylic acids is 1. The Morgan fingerprint density at radius 3 is 2.64 bits per heavy atom. The maximum absolute atomic E-state index is 12.7. The zero-order valence-electron chi connectivity index (χ0n) is 12.9. The summed E-state index contributed by atoms with van der Waals surface area (Å²) in [4.78, 5) is 14.7. The van der Waals surface area contributed by atoms with E-state index in [9.17, 15) is 4.79 Å². The van der Waals surface area contributed by atoms with Crippen LogP contribution in [0.2, 0.25) is 0 Å². The Morgan fingerprint density at radius 2 is 2.05 bits per heavy atom. The third-order valence-electron chi connectivity index (χ3n) is 4.43. The Kier molecular flexibility index (Phi) is 6.68. The standard InChI is InChI=1S/C17H24N2O2.ClH/c20-17(16-11-18-9-10-21-16)19(13-15-7-4-8-15)12-14-5-2-1-3-6-14;/h1-3,5-6,15-16,18H,4,7-13H2;1H. The van der Waals surface area contributed by atoms with Gasteiger partial charge < -0.3 is 15.0 Å². The van der Waals surface area contributed by atoms with Crippen molar-refractivity contribution in [2.75, 3.05) is 26.2 Å². The van der Waals surface area contributed by atoms with Gasteiger partial charge in [-0.1, -0.05) is 36.8 Å². The first-order chi connectivity index (χ1) is 10.3. The lowest BCUT2D eigenvalue weighted by atomic mass is 9.85. The second-order valence-electron chi connectivity index (χ2n) is 6.06. The highest BCUT2D eigenvalue weighted by Crippen LogP contribution is 2.28. The number of carbonyl (C=O) groups is 1. The van der Waals surface area contributed by atoms with Gasteiger partial charge in [-0.05, 0) is 24.3 Å². The average molecular weight is 325 g/mol. The normalized spacial score (nSPS) is 21.5. The number of nitrogens with zero attached hydrogens (tertiary/aromatic N) is 1. The molecule has 0 radical (unpaired) electrons. The number of halogens is 1. The van der Waals surface area contributed by atoms with Gasteiger partial charge in [0.25, 0.3) is 5.91 Å². The first kappa shape index (κ1) is 17.3. The van der Waals surface area contributed by atoms with Crippen LogP contribution in [-0.2, 0) is 16.1 Å². The fourth-order valence-electron chi connectivity index (χ4n) is 2.95. The number of benzene rings is 1. The van der Waals surface area contributed by atoms with Crippen LogP contribution in [0.25, 0.3) is 0 Å². The number of nitrogens with one attached hydrogen (secondary N) is 1. The van der Waals surface area contributed by atoms with E-state index in [2.05, 4.69) is 17.4 Å². The summed E-state index contributed by atoms with van der Waals surface area (Å²) in [5.74, 6) is 0.812. The van der Waals surface area contributed by atoms with E-state index in [0.29, 0.717) is 25.6 Å². The third kappa shape index (κ3) is 4.45. The molecule has 1 saturated heterocycles. The monoisotopic (exact) mass is 324 g/mol. The molecule has 1 aliphatic heterocycles. The third-order valence-corrected chi connectivity index (χ3v) is 4.43. The van der Waals surface area contributed by atoms with Crippen molar-refractivity contribution in [2.24, 2.45) is 5.92 Å². The summed E-state index contributed by atoms with van der Waals surface area (Å²) in [7, 11) is 0. The predicted molar refractivity (Wildman–Crippen MR) is 89.1 cm³/mol. The van der Waals surface area contributed by atoms with Gasteiger partial charge in [-0.25, -0.2) is 0 Å². The molecular formula is C17H25ClN2O2. The van der Waals surface area contributed by atoms with Gasteiger partial charge in [0.05, 0.1) is 6.61 Å². The van der Waals surface area contributed by atoms with Crippen molar-refractivity contribution in [1.82, 2.24) is 10.2 Å². The SMILES string of the molecule is Cl.O=C(C1CNCCO1)N(Cc1ccccc1)CC1CCC1. The molecular weight excluding hydrogens is 300 g/mol. The summed E-state index contributed by atoms with van der Waals surface area (Å²) in [6.07, 6.45) is 3.49. The molecule has 3 rings (SSSR count). The van der Waals surface area contributed by atoms with Gasteiger partial charge in [0.2, 0.25) is 0 Å².